The Kier molecular flexibility index (Phi) is 12.2. The molecule has 1 atom stereocenters. The number of Topliss-reactive ketones (excluding diaryl/α,β-unsaturated/α-hetero) is 1. The SMILES string of the molecule is CCOC(=O)[C@H]1CC[C@H](OC(C(=O)Cc2ccc(NC(=O)c3nccc4ccccc34)c(Cl)c2)(N2CCCC2)N2CCN(CC(F)(F)F)CC2)CC1. The van der Waals surface area contributed by atoms with Crippen molar-refractivity contribution in [3.8, 4) is 0 Å². The summed E-state index contributed by atoms with van der Waals surface area (Å²) in [5, 5.41) is 4.66. The summed E-state index contributed by atoms with van der Waals surface area (Å²) >= 11 is 6.71. The molecule has 0 bridgehead atoms. The van der Waals surface area contributed by atoms with Gasteiger partial charge in [0.05, 0.1) is 35.9 Å². The number of rotatable bonds is 12. The van der Waals surface area contributed by atoms with Crippen molar-refractivity contribution in [1.29, 1.82) is 0 Å². The Bertz CT molecular complexity index is 1730. The molecular weight excluding hydrogens is 699 g/mol. The van der Waals surface area contributed by atoms with Gasteiger partial charge in [0.15, 0.2) is 5.78 Å². The van der Waals surface area contributed by atoms with E-state index in [-0.39, 0.29) is 67.1 Å². The maximum Gasteiger partial charge on any atom is 0.401 e. The average molecular weight is 744 g/mol. The number of piperazine rings is 1. The summed E-state index contributed by atoms with van der Waals surface area (Å²) in [5.41, 5.74) is 1.22. The number of carbonyl (C=O) groups excluding carboxylic acids is 3. The quantitative estimate of drug-likeness (QED) is 0.214. The number of ether oxygens (including phenoxy) is 2. The van der Waals surface area contributed by atoms with Gasteiger partial charge in [0.25, 0.3) is 5.91 Å². The molecule has 6 rings (SSSR count). The van der Waals surface area contributed by atoms with Crippen molar-refractivity contribution in [2.24, 2.45) is 5.92 Å². The number of halogens is 4. The molecule has 0 spiro atoms. The summed E-state index contributed by atoms with van der Waals surface area (Å²) in [6, 6.07) is 14.3. The van der Waals surface area contributed by atoms with E-state index in [0.29, 0.717) is 62.0 Å². The van der Waals surface area contributed by atoms with Gasteiger partial charge in [-0.05, 0) is 74.6 Å². The standard InChI is InChI=1S/C38H45ClF3N5O5/c1-2-51-36(50)28-10-12-29(13-11-28)52-38(46-17-5-6-18-46,47-21-19-45(20-22-47)25-37(40,41)42)33(48)24-26-9-14-32(31(39)23-26)44-35(49)34-30-8-4-3-7-27(30)15-16-43-34/h3-4,7-9,14-16,23,28-29H,2,5-6,10-13,17-22,24-25H2,1H3,(H,44,49)/t28-,29-,38?. The lowest BCUT2D eigenvalue weighted by Crippen LogP contribution is -2.71. The van der Waals surface area contributed by atoms with Crippen LogP contribution in [0, 0.1) is 5.92 Å². The number of carbonyl (C=O) groups is 3. The van der Waals surface area contributed by atoms with E-state index in [1.165, 1.54) is 4.90 Å². The predicted molar refractivity (Wildman–Crippen MR) is 191 cm³/mol. The number of anilines is 1. The first-order valence-electron chi connectivity index (χ1n) is 18.1. The van der Waals surface area contributed by atoms with Crippen LogP contribution in [0.4, 0.5) is 18.9 Å². The predicted octanol–water partition coefficient (Wildman–Crippen LogP) is 6.32. The highest BCUT2D eigenvalue weighted by Gasteiger charge is 2.53. The molecule has 1 unspecified atom stereocenters. The van der Waals surface area contributed by atoms with E-state index >= 15 is 0 Å². The lowest BCUT2D eigenvalue weighted by Gasteiger charge is -2.52. The Morgan fingerprint density at radius 1 is 0.923 bits per heavy atom. The molecule has 2 aromatic carbocycles. The van der Waals surface area contributed by atoms with E-state index in [1.54, 1.807) is 31.3 Å². The number of aromatic nitrogens is 1. The number of esters is 1. The molecule has 3 aliphatic rings. The van der Waals surface area contributed by atoms with Gasteiger partial charge in [-0.15, -0.1) is 0 Å². The monoisotopic (exact) mass is 743 g/mol. The smallest absolute Gasteiger partial charge is 0.401 e. The summed E-state index contributed by atoms with van der Waals surface area (Å²) in [4.78, 5) is 50.2. The molecule has 14 heteroatoms. The van der Waals surface area contributed by atoms with E-state index in [2.05, 4.69) is 10.3 Å². The van der Waals surface area contributed by atoms with Crippen molar-refractivity contribution in [3.05, 3.63) is 71.0 Å². The second-order valence-corrected chi connectivity index (χ2v) is 14.2. The number of nitrogens with one attached hydrogen (secondary N) is 1. The molecule has 3 heterocycles. The fourth-order valence-electron chi connectivity index (χ4n) is 7.71. The molecule has 1 aliphatic carbocycles. The fraction of sp³-hybridized carbons (Fsp3) is 0.526. The molecule has 280 valence electrons. The number of benzene rings is 2. The van der Waals surface area contributed by atoms with Crippen LogP contribution in [0.2, 0.25) is 5.02 Å². The molecule has 2 saturated heterocycles. The molecule has 2 aliphatic heterocycles. The number of amides is 1. The Morgan fingerprint density at radius 2 is 1.62 bits per heavy atom. The van der Waals surface area contributed by atoms with Gasteiger partial charge in [0.2, 0.25) is 5.85 Å². The van der Waals surface area contributed by atoms with Gasteiger partial charge >= 0.3 is 12.1 Å². The lowest BCUT2D eigenvalue weighted by atomic mass is 9.87. The third-order valence-corrected chi connectivity index (χ3v) is 10.6. The van der Waals surface area contributed by atoms with Crippen LogP contribution in [-0.4, -0.2) is 108 Å². The summed E-state index contributed by atoms with van der Waals surface area (Å²) in [6.07, 6.45) is 0.774. The third-order valence-electron chi connectivity index (χ3n) is 10.3. The minimum Gasteiger partial charge on any atom is -0.466 e. The van der Waals surface area contributed by atoms with Gasteiger partial charge < -0.3 is 14.8 Å². The average Bonchev–Trinajstić information content (AvgIpc) is 3.67. The normalized spacial score (nSPS) is 21.9. The number of likely N-dealkylation sites (tertiary alicyclic amines) is 1. The van der Waals surface area contributed by atoms with Crippen molar-refractivity contribution in [3.63, 3.8) is 0 Å². The Hall–Kier alpha value is -3.62. The van der Waals surface area contributed by atoms with E-state index < -0.39 is 24.5 Å². The molecular formula is C38H45ClF3N5O5. The highest BCUT2D eigenvalue weighted by molar-refractivity contribution is 6.34. The number of alkyl halides is 3. The summed E-state index contributed by atoms with van der Waals surface area (Å²) in [7, 11) is 0. The van der Waals surface area contributed by atoms with Gasteiger partial charge in [-0.25, -0.2) is 0 Å². The molecule has 52 heavy (non-hydrogen) atoms. The zero-order valence-corrected chi connectivity index (χ0v) is 30.1. The van der Waals surface area contributed by atoms with Gasteiger partial charge in [0, 0.05) is 57.3 Å². The highest BCUT2D eigenvalue weighted by Crippen LogP contribution is 2.37. The van der Waals surface area contributed by atoms with Gasteiger partial charge in [-0.1, -0.05) is 41.9 Å². The zero-order chi connectivity index (χ0) is 36.9. The molecule has 1 N–H and O–H groups in total. The largest absolute Gasteiger partial charge is 0.466 e. The Balaban J connectivity index is 1.24. The van der Waals surface area contributed by atoms with Crippen LogP contribution in [-0.2, 0) is 25.5 Å². The number of nitrogens with zero attached hydrogens (tertiary/aromatic N) is 4. The van der Waals surface area contributed by atoms with Crippen LogP contribution < -0.4 is 5.32 Å². The number of fused-ring (bicyclic) bond motifs is 1. The van der Waals surface area contributed by atoms with Crippen molar-refractivity contribution in [1.82, 2.24) is 19.7 Å². The lowest BCUT2D eigenvalue weighted by molar-refractivity contribution is -0.262. The van der Waals surface area contributed by atoms with Gasteiger partial charge in [-0.2, -0.15) is 13.2 Å². The molecule has 1 aromatic heterocycles. The van der Waals surface area contributed by atoms with Gasteiger partial charge in [0.1, 0.15) is 5.69 Å². The minimum absolute atomic E-state index is 0.0593. The maximum atomic E-state index is 14.8. The van der Waals surface area contributed by atoms with E-state index in [4.69, 9.17) is 21.1 Å². The first kappa shape index (κ1) is 38.1. The first-order valence-corrected chi connectivity index (χ1v) is 18.4. The molecule has 3 fully saturated rings. The van der Waals surface area contributed by atoms with Crippen molar-refractivity contribution in [2.45, 2.75) is 70.0 Å². The third kappa shape index (κ3) is 8.77. The molecule has 1 amide bonds. The van der Waals surface area contributed by atoms with Crippen LogP contribution in [0.3, 0.4) is 0 Å². The van der Waals surface area contributed by atoms with Gasteiger partial charge in [-0.3, -0.25) is 34.1 Å². The highest BCUT2D eigenvalue weighted by atomic mass is 35.5. The van der Waals surface area contributed by atoms with Crippen LogP contribution in [0.5, 0.6) is 0 Å². The summed E-state index contributed by atoms with van der Waals surface area (Å²) in [5.74, 6) is -2.64. The molecule has 0 radical (unpaired) electrons. The second-order valence-electron chi connectivity index (χ2n) is 13.8. The van der Waals surface area contributed by atoms with Crippen LogP contribution >= 0.6 is 11.6 Å². The Morgan fingerprint density at radius 3 is 2.29 bits per heavy atom. The Labute approximate surface area is 306 Å². The van der Waals surface area contributed by atoms with Crippen molar-refractivity contribution >= 4 is 45.7 Å². The van der Waals surface area contributed by atoms with Crippen LogP contribution in [0.25, 0.3) is 10.8 Å². The van der Waals surface area contributed by atoms with E-state index in [1.807, 2.05) is 40.1 Å². The number of pyridine rings is 1. The molecule has 10 nitrogen and oxygen atoms in total. The summed E-state index contributed by atoms with van der Waals surface area (Å²) < 4.78 is 52.1. The fourth-order valence-corrected chi connectivity index (χ4v) is 7.96. The summed E-state index contributed by atoms with van der Waals surface area (Å²) in [6.45, 7) is 2.96. The first-order chi connectivity index (χ1) is 25.0. The minimum atomic E-state index is -4.33. The van der Waals surface area contributed by atoms with Crippen LogP contribution in [0.1, 0.15) is 61.5 Å². The number of hydrogen-bond donors (Lipinski definition) is 1. The molecule has 1 saturated carbocycles. The van der Waals surface area contributed by atoms with Crippen molar-refractivity contribution in [2.75, 3.05) is 57.7 Å². The topological polar surface area (TPSA) is 104 Å². The molecule has 3 aromatic rings. The number of ketones is 1. The van der Waals surface area contributed by atoms with Crippen molar-refractivity contribution < 1.29 is 37.0 Å². The zero-order valence-electron chi connectivity index (χ0n) is 29.3. The maximum absolute atomic E-state index is 14.8. The van der Waals surface area contributed by atoms with Crippen LogP contribution in [0.15, 0.2) is 54.7 Å². The number of hydrogen-bond acceptors (Lipinski definition) is 9. The van der Waals surface area contributed by atoms with E-state index in [9.17, 15) is 27.6 Å². The second kappa shape index (κ2) is 16.6. The van der Waals surface area contributed by atoms with E-state index in [0.717, 1.165) is 18.2 Å².